The van der Waals surface area contributed by atoms with Crippen molar-refractivity contribution in [1.82, 2.24) is 0 Å². The minimum Gasteiger partial charge on any atom is -0.386 e. The van der Waals surface area contributed by atoms with E-state index in [9.17, 15) is 5.11 Å². The van der Waals surface area contributed by atoms with Gasteiger partial charge in [0.25, 0.3) is 0 Å². The van der Waals surface area contributed by atoms with E-state index in [1.165, 1.54) is 5.69 Å². The zero-order valence-corrected chi connectivity index (χ0v) is 16.0. The predicted molar refractivity (Wildman–Crippen MR) is 114 cm³/mol. The molecule has 0 aromatic heterocycles. The highest BCUT2D eigenvalue weighted by atomic mass is 16.3. The van der Waals surface area contributed by atoms with Gasteiger partial charge in [-0.25, -0.2) is 0 Å². The Labute approximate surface area is 162 Å². The van der Waals surface area contributed by atoms with Crippen molar-refractivity contribution in [3.63, 3.8) is 0 Å². The number of nitrogens with zero attached hydrogens (tertiary/aromatic N) is 1. The summed E-state index contributed by atoms with van der Waals surface area (Å²) in [6.07, 6.45) is -0.643. The van der Waals surface area contributed by atoms with Gasteiger partial charge in [-0.1, -0.05) is 60.7 Å². The Morgan fingerprint density at radius 2 is 1.26 bits per heavy atom. The highest BCUT2D eigenvalue weighted by Crippen LogP contribution is 2.32. The van der Waals surface area contributed by atoms with Gasteiger partial charge in [-0.2, -0.15) is 0 Å². The van der Waals surface area contributed by atoms with Crippen molar-refractivity contribution in [3.05, 3.63) is 96.1 Å². The van der Waals surface area contributed by atoms with Gasteiger partial charge in [-0.3, -0.25) is 0 Å². The lowest BCUT2D eigenvalue weighted by atomic mass is 9.95. The lowest BCUT2D eigenvalue weighted by Gasteiger charge is -2.27. The molecule has 3 heteroatoms. The third kappa shape index (κ3) is 4.69. The summed E-state index contributed by atoms with van der Waals surface area (Å²) in [5.41, 5.74) is 4.17. The summed E-state index contributed by atoms with van der Waals surface area (Å²) in [6.45, 7) is 6.31. The largest absolute Gasteiger partial charge is 0.386 e. The topological polar surface area (TPSA) is 35.5 Å². The molecule has 3 aromatic carbocycles. The summed E-state index contributed by atoms with van der Waals surface area (Å²) < 4.78 is 0. The summed E-state index contributed by atoms with van der Waals surface area (Å²) in [6, 6.07) is 28.1. The van der Waals surface area contributed by atoms with Crippen LogP contribution in [0.25, 0.3) is 0 Å². The van der Waals surface area contributed by atoms with Crippen LogP contribution in [0.5, 0.6) is 0 Å². The smallest absolute Gasteiger partial charge is 0.103 e. The fourth-order valence-electron chi connectivity index (χ4n) is 3.38. The zero-order chi connectivity index (χ0) is 19.1. The van der Waals surface area contributed by atoms with Crippen LogP contribution in [0.1, 0.15) is 37.1 Å². The molecule has 0 bridgehead atoms. The van der Waals surface area contributed by atoms with Crippen LogP contribution in [0.3, 0.4) is 0 Å². The molecule has 0 spiro atoms. The number of hydrogen-bond donors (Lipinski definition) is 2. The van der Waals surface area contributed by atoms with Gasteiger partial charge in [0, 0.05) is 24.5 Å². The standard InChI is InChI=1S/C24H28N2O/c1-3-26(4-2)22-17-15-21(16-18-22)25-23(19-11-7-5-8-12-19)24(27)20-13-9-6-10-14-20/h5-18,23-25,27H,3-4H2,1-2H3/t23-,24-/m0/s1. The van der Waals surface area contributed by atoms with Gasteiger partial charge in [0.1, 0.15) is 6.10 Å². The van der Waals surface area contributed by atoms with Crippen molar-refractivity contribution in [2.45, 2.75) is 26.0 Å². The quantitative estimate of drug-likeness (QED) is 0.563. The maximum atomic E-state index is 11.0. The lowest BCUT2D eigenvalue weighted by molar-refractivity contribution is 0.155. The Hall–Kier alpha value is -2.78. The molecule has 0 fully saturated rings. The molecule has 0 aliphatic heterocycles. The number of aliphatic hydroxyl groups is 1. The SMILES string of the molecule is CCN(CC)c1ccc(N[C@@H](c2ccccc2)[C@@H](O)c2ccccc2)cc1. The van der Waals surface area contributed by atoms with Crippen LogP contribution in [0.2, 0.25) is 0 Å². The maximum Gasteiger partial charge on any atom is 0.103 e. The molecule has 0 unspecified atom stereocenters. The third-order valence-electron chi connectivity index (χ3n) is 4.93. The van der Waals surface area contributed by atoms with Crippen LogP contribution in [-0.4, -0.2) is 18.2 Å². The van der Waals surface area contributed by atoms with Gasteiger partial charge in [-0.15, -0.1) is 0 Å². The summed E-state index contributed by atoms with van der Waals surface area (Å²) in [7, 11) is 0. The second-order valence-corrected chi connectivity index (χ2v) is 6.61. The van der Waals surface area contributed by atoms with E-state index < -0.39 is 6.10 Å². The van der Waals surface area contributed by atoms with E-state index in [1.54, 1.807) is 0 Å². The van der Waals surface area contributed by atoms with Crippen molar-refractivity contribution in [3.8, 4) is 0 Å². The van der Waals surface area contributed by atoms with Gasteiger partial charge < -0.3 is 15.3 Å². The minimum atomic E-state index is -0.643. The molecular weight excluding hydrogens is 332 g/mol. The van der Waals surface area contributed by atoms with Crippen molar-refractivity contribution >= 4 is 11.4 Å². The number of nitrogens with one attached hydrogen (secondary N) is 1. The molecule has 0 saturated carbocycles. The van der Waals surface area contributed by atoms with E-state index in [-0.39, 0.29) is 6.04 Å². The van der Waals surface area contributed by atoms with Gasteiger partial charge in [-0.05, 0) is 49.2 Å². The van der Waals surface area contributed by atoms with Gasteiger partial charge in [0.05, 0.1) is 6.04 Å². The van der Waals surface area contributed by atoms with E-state index in [4.69, 9.17) is 0 Å². The highest BCUT2D eigenvalue weighted by Gasteiger charge is 2.22. The average Bonchev–Trinajstić information content (AvgIpc) is 2.74. The van der Waals surface area contributed by atoms with E-state index in [0.29, 0.717) is 0 Å². The highest BCUT2D eigenvalue weighted by molar-refractivity contribution is 5.56. The Morgan fingerprint density at radius 1 is 0.741 bits per heavy atom. The zero-order valence-electron chi connectivity index (χ0n) is 16.0. The fraction of sp³-hybridized carbons (Fsp3) is 0.250. The second-order valence-electron chi connectivity index (χ2n) is 6.61. The molecule has 27 heavy (non-hydrogen) atoms. The Morgan fingerprint density at radius 3 is 1.78 bits per heavy atom. The molecule has 0 aliphatic carbocycles. The molecule has 2 atom stereocenters. The predicted octanol–water partition coefficient (Wildman–Crippen LogP) is 5.42. The molecular formula is C24H28N2O. The fourth-order valence-corrected chi connectivity index (χ4v) is 3.38. The van der Waals surface area contributed by atoms with Crippen LogP contribution in [0.15, 0.2) is 84.9 Å². The molecule has 0 aliphatic rings. The Bertz CT molecular complexity index is 799. The molecule has 2 N–H and O–H groups in total. The molecule has 3 aromatic rings. The van der Waals surface area contributed by atoms with E-state index in [1.807, 2.05) is 60.7 Å². The first kappa shape index (κ1) is 19.0. The van der Waals surface area contributed by atoms with Crippen molar-refractivity contribution in [1.29, 1.82) is 0 Å². The Kier molecular flexibility index (Phi) is 6.50. The lowest BCUT2D eigenvalue weighted by Crippen LogP contribution is -2.22. The normalized spacial score (nSPS) is 13.0. The monoisotopic (exact) mass is 360 g/mol. The number of anilines is 2. The van der Waals surface area contributed by atoms with Gasteiger partial charge >= 0.3 is 0 Å². The molecule has 140 valence electrons. The van der Waals surface area contributed by atoms with Crippen molar-refractivity contribution in [2.75, 3.05) is 23.3 Å². The summed E-state index contributed by atoms with van der Waals surface area (Å²) in [5.74, 6) is 0. The molecule has 3 nitrogen and oxygen atoms in total. The van der Waals surface area contributed by atoms with E-state index >= 15 is 0 Å². The third-order valence-corrected chi connectivity index (χ3v) is 4.93. The molecule has 0 amide bonds. The van der Waals surface area contributed by atoms with Crippen molar-refractivity contribution in [2.24, 2.45) is 0 Å². The second kappa shape index (κ2) is 9.24. The first-order chi connectivity index (χ1) is 13.2. The van der Waals surface area contributed by atoms with E-state index in [0.717, 1.165) is 29.9 Å². The van der Waals surface area contributed by atoms with Crippen LogP contribution in [0, 0.1) is 0 Å². The number of benzene rings is 3. The summed E-state index contributed by atoms with van der Waals surface area (Å²) in [4.78, 5) is 2.32. The summed E-state index contributed by atoms with van der Waals surface area (Å²) >= 11 is 0. The number of aliphatic hydroxyl groups excluding tert-OH is 1. The van der Waals surface area contributed by atoms with Crippen LogP contribution < -0.4 is 10.2 Å². The van der Waals surface area contributed by atoms with Crippen molar-refractivity contribution < 1.29 is 5.11 Å². The minimum absolute atomic E-state index is 0.229. The average molecular weight is 361 g/mol. The molecule has 0 heterocycles. The summed E-state index contributed by atoms with van der Waals surface area (Å²) in [5, 5.41) is 14.6. The molecule has 0 saturated heterocycles. The maximum absolute atomic E-state index is 11.0. The van der Waals surface area contributed by atoms with Gasteiger partial charge in [0.15, 0.2) is 0 Å². The van der Waals surface area contributed by atoms with Crippen LogP contribution in [0.4, 0.5) is 11.4 Å². The molecule has 3 rings (SSSR count). The number of rotatable bonds is 8. The first-order valence-electron chi connectivity index (χ1n) is 9.62. The van der Waals surface area contributed by atoms with Crippen LogP contribution in [-0.2, 0) is 0 Å². The first-order valence-corrected chi connectivity index (χ1v) is 9.62. The van der Waals surface area contributed by atoms with Crippen LogP contribution >= 0.6 is 0 Å². The number of hydrogen-bond acceptors (Lipinski definition) is 3. The van der Waals surface area contributed by atoms with Gasteiger partial charge in [0.2, 0.25) is 0 Å². The Balaban J connectivity index is 1.86. The van der Waals surface area contributed by atoms with E-state index in [2.05, 4.69) is 48.3 Å². The molecule has 0 radical (unpaired) electrons.